The molecule has 0 aromatic heterocycles. The van der Waals surface area contributed by atoms with Gasteiger partial charge < -0.3 is 5.32 Å². The molecule has 1 aliphatic carbocycles. The van der Waals surface area contributed by atoms with Gasteiger partial charge in [0.05, 0.1) is 4.92 Å². The van der Waals surface area contributed by atoms with Crippen molar-refractivity contribution in [1.29, 1.82) is 0 Å². The third-order valence-electron chi connectivity index (χ3n) is 3.86. The van der Waals surface area contributed by atoms with Gasteiger partial charge in [-0.3, -0.25) is 10.1 Å². The van der Waals surface area contributed by atoms with E-state index in [2.05, 4.69) is 12.2 Å². The minimum Gasteiger partial charge on any atom is -0.314 e. The van der Waals surface area contributed by atoms with E-state index in [9.17, 15) is 14.5 Å². The number of rotatable bonds is 5. The van der Waals surface area contributed by atoms with E-state index in [1.165, 1.54) is 6.07 Å². The number of hydrogen-bond acceptors (Lipinski definition) is 3. The zero-order chi connectivity index (χ0) is 13.8. The Balaban J connectivity index is 2.15. The summed E-state index contributed by atoms with van der Waals surface area (Å²) in [6, 6.07) is 4.84. The Morgan fingerprint density at radius 1 is 1.47 bits per heavy atom. The van der Waals surface area contributed by atoms with Gasteiger partial charge in [-0.25, -0.2) is 0 Å². The van der Waals surface area contributed by atoms with Crippen LogP contribution in [0.2, 0.25) is 0 Å². The zero-order valence-corrected chi connectivity index (χ0v) is 11.1. The van der Waals surface area contributed by atoms with E-state index in [0.717, 1.165) is 25.8 Å². The van der Waals surface area contributed by atoms with Crippen LogP contribution in [0.15, 0.2) is 18.2 Å². The normalized spacial score (nSPS) is 22.6. The average Bonchev–Trinajstić information content (AvgIpc) is 2.79. The molecule has 5 heteroatoms. The predicted octanol–water partition coefficient (Wildman–Crippen LogP) is 3.05. The van der Waals surface area contributed by atoms with Gasteiger partial charge in [0.15, 0.2) is 0 Å². The van der Waals surface area contributed by atoms with Gasteiger partial charge in [0.2, 0.25) is 5.82 Å². The summed E-state index contributed by atoms with van der Waals surface area (Å²) in [4.78, 5) is 10.1. The Morgan fingerprint density at radius 3 is 2.95 bits per heavy atom. The molecule has 0 amide bonds. The van der Waals surface area contributed by atoms with Crippen LogP contribution in [-0.2, 0) is 6.42 Å². The molecule has 104 valence electrons. The summed E-state index contributed by atoms with van der Waals surface area (Å²) in [6.45, 7) is 2.96. The quantitative estimate of drug-likeness (QED) is 0.658. The van der Waals surface area contributed by atoms with Gasteiger partial charge >= 0.3 is 5.69 Å². The van der Waals surface area contributed by atoms with Crippen LogP contribution in [0.5, 0.6) is 0 Å². The molecule has 0 bridgehead atoms. The van der Waals surface area contributed by atoms with E-state index in [1.54, 1.807) is 12.1 Å². The lowest BCUT2D eigenvalue weighted by molar-refractivity contribution is -0.387. The minimum absolute atomic E-state index is 0.372. The molecule has 1 aromatic carbocycles. The van der Waals surface area contributed by atoms with Gasteiger partial charge in [0.1, 0.15) is 0 Å². The highest BCUT2D eigenvalue weighted by atomic mass is 19.1. The maximum absolute atomic E-state index is 14.0. The fraction of sp³-hybridized carbons (Fsp3) is 0.571. The third kappa shape index (κ3) is 3.10. The molecule has 0 heterocycles. The summed E-state index contributed by atoms with van der Waals surface area (Å²) >= 11 is 0. The number of nitrogens with one attached hydrogen (secondary N) is 1. The van der Waals surface area contributed by atoms with Crippen LogP contribution in [-0.4, -0.2) is 17.5 Å². The summed E-state index contributed by atoms with van der Waals surface area (Å²) in [7, 11) is 0. The monoisotopic (exact) mass is 266 g/mol. The smallest absolute Gasteiger partial charge is 0.305 e. The second kappa shape index (κ2) is 6.10. The maximum Gasteiger partial charge on any atom is 0.305 e. The fourth-order valence-corrected chi connectivity index (χ4v) is 2.96. The number of nitro benzene ring substituents is 1. The molecule has 1 aromatic rings. The van der Waals surface area contributed by atoms with Crippen molar-refractivity contribution in [2.75, 3.05) is 6.54 Å². The molecule has 2 atom stereocenters. The van der Waals surface area contributed by atoms with Crippen molar-refractivity contribution in [3.63, 3.8) is 0 Å². The molecule has 0 spiro atoms. The van der Waals surface area contributed by atoms with E-state index in [1.807, 2.05) is 0 Å². The fourth-order valence-electron chi connectivity index (χ4n) is 2.96. The number of hydrogen-bond donors (Lipinski definition) is 1. The van der Waals surface area contributed by atoms with Crippen molar-refractivity contribution in [2.24, 2.45) is 5.92 Å². The SMILES string of the molecule is CCNC1CCCC1Cc1cccc([N+](=O)[O-])c1F. The Bertz CT molecular complexity index is 465. The van der Waals surface area contributed by atoms with Crippen LogP contribution >= 0.6 is 0 Å². The van der Waals surface area contributed by atoms with Gasteiger partial charge in [0, 0.05) is 12.1 Å². The lowest BCUT2D eigenvalue weighted by Gasteiger charge is -2.20. The standard InChI is InChI=1S/C14H19FN2O2/c1-2-16-12-7-3-5-10(12)9-11-6-4-8-13(14(11)15)17(18)19/h4,6,8,10,12,16H,2-3,5,7,9H2,1H3. The third-order valence-corrected chi connectivity index (χ3v) is 3.86. The first-order chi connectivity index (χ1) is 9.13. The van der Waals surface area contributed by atoms with Crippen molar-refractivity contribution in [2.45, 2.75) is 38.6 Å². The van der Waals surface area contributed by atoms with Crippen molar-refractivity contribution in [3.05, 3.63) is 39.7 Å². The van der Waals surface area contributed by atoms with Crippen LogP contribution in [0, 0.1) is 21.8 Å². The average molecular weight is 266 g/mol. The van der Waals surface area contributed by atoms with Gasteiger partial charge in [-0.15, -0.1) is 0 Å². The van der Waals surface area contributed by atoms with E-state index in [0.29, 0.717) is 23.9 Å². The van der Waals surface area contributed by atoms with Gasteiger partial charge in [-0.2, -0.15) is 4.39 Å². The first-order valence-corrected chi connectivity index (χ1v) is 6.78. The minimum atomic E-state index is -0.672. The molecule has 2 unspecified atom stereocenters. The molecule has 1 N–H and O–H groups in total. The van der Waals surface area contributed by atoms with E-state index in [-0.39, 0.29) is 0 Å². The molecule has 4 nitrogen and oxygen atoms in total. The first-order valence-electron chi connectivity index (χ1n) is 6.78. The van der Waals surface area contributed by atoms with Gasteiger partial charge in [0.25, 0.3) is 0 Å². The highest BCUT2D eigenvalue weighted by Crippen LogP contribution is 2.31. The summed E-state index contributed by atoms with van der Waals surface area (Å²) in [5.41, 5.74) is 0.0412. The predicted molar refractivity (Wildman–Crippen MR) is 71.6 cm³/mol. The molecule has 1 aliphatic rings. The van der Waals surface area contributed by atoms with Crippen LogP contribution in [0.25, 0.3) is 0 Å². The van der Waals surface area contributed by atoms with Crippen LogP contribution < -0.4 is 5.32 Å². The Hall–Kier alpha value is -1.49. The van der Waals surface area contributed by atoms with E-state index in [4.69, 9.17) is 0 Å². The molecule has 1 fully saturated rings. The molecular weight excluding hydrogens is 247 g/mol. The van der Waals surface area contributed by atoms with E-state index >= 15 is 0 Å². The maximum atomic E-state index is 14.0. The van der Waals surface area contributed by atoms with E-state index < -0.39 is 16.4 Å². The summed E-state index contributed by atoms with van der Waals surface area (Å²) in [5, 5.41) is 14.1. The van der Waals surface area contributed by atoms with Crippen molar-refractivity contribution >= 4 is 5.69 Å². The second-order valence-corrected chi connectivity index (χ2v) is 5.07. The first kappa shape index (κ1) is 13.9. The van der Waals surface area contributed by atoms with Crippen LogP contribution in [0.1, 0.15) is 31.7 Å². The zero-order valence-electron chi connectivity index (χ0n) is 11.1. The highest BCUT2D eigenvalue weighted by molar-refractivity contribution is 5.37. The second-order valence-electron chi connectivity index (χ2n) is 5.07. The number of nitrogens with zero attached hydrogens (tertiary/aromatic N) is 1. The summed E-state index contributed by atoms with van der Waals surface area (Å²) in [5.74, 6) is -0.300. The van der Waals surface area contributed by atoms with Crippen molar-refractivity contribution < 1.29 is 9.31 Å². The van der Waals surface area contributed by atoms with Crippen LogP contribution in [0.4, 0.5) is 10.1 Å². The van der Waals surface area contributed by atoms with Crippen molar-refractivity contribution in [1.82, 2.24) is 5.32 Å². The molecule has 0 saturated heterocycles. The lowest BCUT2D eigenvalue weighted by atomic mass is 9.94. The highest BCUT2D eigenvalue weighted by Gasteiger charge is 2.28. The molecule has 2 rings (SSSR count). The van der Waals surface area contributed by atoms with Gasteiger partial charge in [-0.1, -0.05) is 25.5 Å². The lowest BCUT2D eigenvalue weighted by Crippen LogP contribution is -2.33. The largest absolute Gasteiger partial charge is 0.314 e. The topological polar surface area (TPSA) is 55.2 Å². The molecule has 0 aliphatic heterocycles. The number of nitro groups is 1. The Morgan fingerprint density at radius 2 is 2.26 bits per heavy atom. The Labute approximate surface area is 112 Å². The molecular formula is C14H19FN2O2. The Kier molecular flexibility index (Phi) is 4.47. The number of benzene rings is 1. The summed E-state index contributed by atoms with van der Waals surface area (Å²) < 4.78 is 14.0. The molecule has 19 heavy (non-hydrogen) atoms. The molecule has 1 saturated carbocycles. The van der Waals surface area contributed by atoms with Crippen molar-refractivity contribution in [3.8, 4) is 0 Å². The van der Waals surface area contributed by atoms with Crippen LogP contribution in [0.3, 0.4) is 0 Å². The van der Waals surface area contributed by atoms with Gasteiger partial charge in [-0.05, 0) is 37.3 Å². The summed E-state index contributed by atoms with van der Waals surface area (Å²) in [6.07, 6.45) is 3.87. The number of halogens is 1. The molecule has 0 radical (unpaired) electrons.